The molecule has 1 aromatic rings. The van der Waals surface area contributed by atoms with E-state index in [0.29, 0.717) is 23.4 Å². The van der Waals surface area contributed by atoms with Crippen LogP contribution in [-0.4, -0.2) is 79.1 Å². The highest BCUT2D eigenvalue weighted by molar-refractivity contribution is 7.08. The normalized spacial score (nSPS) is 45.0. The molecule has 0 unspecified atom stereocenters. The summed E-state index contributed by atoms with van der Waals surface area (Å²) in [5.41, 5.74) is 0.395. The third-order valence-corrected chi connectivity index (χ3v) is 14.5. The Bertz CT molecular complexity index is 1020. The number of ether oxygens (including phenoxy) is 2. The van der Waals surface area contributed by atoms with E-state index < -0.39 is 5.60 Å². The average molecular weight is 585 g/mol. The Balaban J connectivity index is 1.06. The monoisotopic (exact) mass is 584 g/mol. The number of thiophene rings is 1. The van der Waals surface area contributed by atoms with Gasteiger partial charge in [-0.3, -0.25) is 0 Å². The van der Waals surface area contributed by atoms with Crippen molar-refractivity contribution in [3.05, 3.63) is 22.4 Å². The van der Waals surface area contributed by atoms with E-state index >= 15 is 0 Å². The lowest BCUT2D eigenvalue weighted by atomic mass is 9.43. The van der Waals surface area contributed by atoms with E-state index in [9.17, 15) is 5.11 Å². The maximum atomic E-state index is 13.0. The zero-order valence-electron chi connectivity index (χ0n) is 26.0. The van der Waals surface area contributed by atoms with Gasteiger partial charge in [0.05, 0.1) is 24.9 Å². The van der Waals surface area contributed by atoms with Gasteiger partial charge in [-0.05, 0) is 155 Å². The predicted octanol–water partition coefficient (Wildman–Crippen LogP) is 6.69. The first-order chi connectivity index (χ1) is 19.9. The van der Waals surface area contributed by atoms with E-state index in [-0.39, 0.29) is 11.0 Å². The van der Waals surface area contributed by atoms with Crippen LogP contribution in [0.15, 0.2) is 16.8 Å². The average Bonchev–Trinajstić information content (AvgIpc) is 3.79. The van der Waals surface area contributed by atoms with Crippen molar-refractivity contribution in [1.82, 2.24) is 9.80 Å². The minimum Gasteiger partial charge on any atom is -0.389 e. The lowest BCUT2D eigenvalue weighted by molar-refractivity contribution is -0.249. The number of fused-ring (bicyclic) bond motifs is 5. The molecular formula is C35H56N2O3S. The molecule has 2 saturated heterocycles. The van der Waals surface area contributed by atoms with Crippen molar-refractivity contribution in [3.8, 4) is 0 Å². The summed E-state index contributed by atoms with van der Waals surface area (Å²) in [6.45, 7) is 13.8. The van der Waals surface area contributed by atoms with Gasteiger partial charge in [-0.1, -0.05) is 13.8 Å². The fraction of sp³-hybridized carbons (Fsp3) is 0.886. The lowest BCUT2D eigenvalue weighted by Crippen LogP contribution is -2.65. The summed E-state index contributed by atoms with van der Waals surface area (Å²) in [6, 6.07) is 2.30. The van der Waals surface area contributed by atoms with Crippen molar-refractivity contribution in [2.45, 2.75) is 115 Å². The number of nitrogens with zero attached hydrogens (tertiary/aromatic N) is 2. The number of hydrogen-bond acceptors (Lipinski definition) is 6. The van der Waals surface area contributed by atoms with E-state index in [1.165, 1.54) is 96.0 Å². The molecule has 230 valence electrons. The molecule has 8 atom stereocenters. The Kier molecular flexibility index (Phi) is 8.16. The first-order valence-corrected chi connectivity index (χ1v) is 18.3. The molecule has 0 aromatic carbocycles. The van der Waals surface area contributed by atoms with Crippen molar-refractivity contribution < 1.29 is 14.6 Å². The van der Waals surface area contributed by atoms with Crippen LogP contribution in [0.4, 0.5) is 0 Å². The minimum absolute atomic E-state index is 0.244. The molecule has 1 N–H and O–H groups in total. The Morgan fingerprint density at radius 2 is 1.59 bits per heavy atom. The first kappa shape index (κ1) is 29.2. The van der Waals surface area contributed by atoms with Gasteiger partial charge in [0.15, 0.2) is 0 Å². The molecule has 1 aromatic heterocycles. The highest BCUT2D eigenvalue weighted by Gasteiger charge is 2.73. The van der Waals surface area contributed by atoms with Crippen LogP contribution in [0.2, 0.25) is 0 Å². The van der Waals surface area contributed by atoms with Crippen LogP contribution < -0.4 is 0 Å². The molecule has 7 rings (SSSR count). The van der Waals surface area contributed by atoms with Crippen LogP contribution in [0.5, 0.6) is 0 Å². The molecular weight excluding hydrogens is 528 g/mol. The van der Waals surface area contributed by atoms with Gasteiger partial charge in [0.2, 0.25) is 0 Å². The first-order valence-electron chi connectivity index (χ1n) is 17.3. The zero-order chi connectivity index (χ0) is 28.1. The van der Waals surface area contributed by atoms with Crippen LogP contribution in [0.3, 0.4) is 0 Å². The molecule has 0 amide bonds. The largest absolute Gasteiger partial charge is 0.389 e. The number of hydrogen-bond donors (Lipinski definition) is 1. The van der Waals surface area contributed by atoms with Gasteiger partial charge in [0, 0.05) is 18.5 Å². The second-order valence-corrected chi connectivity index (χ2v) is 16.1. The Labute approximate surface area is 253 Å². The van der Waals surface area contributed by atoms with Crippen LogP contribution in [0.25, 0.3) is 0 Å². The van der Waals surface area contributed by atoms with Gasteiger partial charge in [-0.2, -0.15) is 11.3 Å². The van der Waals surface area contributed by atoms with E-state index in [1.54, 1.807) is 11.3 Å². The van der Waals surface area contributed by atoms with Crippen molar-refractivity contribution >= 4 is 11.3 Å². The Morgan fingerprint density at radius 1 is 0.854 bits per heavy atom. The molecule has 2 aliphatic heterocycles. The lowest BCUT2D eigenvalue weighted by Gasteiger charge is -2.64. The maximum absolute atomic E-state index is 13.0. The highest BCUT2D eigenvalue weighted by atomic mass is 32.1. The summed E-state index contributed by atoms with van der Waals surface area (Å²) in [6.07, 6.45) is 16.1. The highest BCUT2D eigenvalue weighted by Crippen LogP contribution is 2.72. The molecule has 4 aliphatic carbocycles. The van der Waals surface area contributed by atoms with Gasteiger partial charge in [0.1, 0.15) is 5.60 Å². The van der Waals surface area contributed by atoms with Gasteiger partial charge in [-0.15, -0.1) is 0 Å². The molecule has 0 radical (unpaired) electrons. The fourth-order valence-corrected chi connectivity index (χ4v) is 12.0. The standard InChI is InChI=1S/C35H56N2O3S/c1-32-12-9-29(39-22-20-36-16-3-4-17-36)25-27(32)7-8-31-30(32)10-13-33(2)34(31,38)14-15-35(33,28-11-24-41-26-28)40-23-21-37-18-5-6-19-37/h11,24,26-27,29-31,38H,3-10,12-23,25H2,1-2H3/t27-,29-,30-,31+,32-,33-,34-,35+/m0/s1. The van der Waals surface area contributed by atoms with Gasteiger partial charge >= 0.3 is 0 Å². The Hall–Kier alpha value is -0.500. The third-order valence-electron chi connectivity index (χ3n) is 13.8. The summed E-state index contributed by atoms with van der Waals surface area (Å²) in [7, 11) is 0. The predicted molar refractivity (Wildman–Crippen MR) is 166 cm³/mol. The summed E-state index contributed by atoms with van der Waals surface area (Å²) in [5.74, 6) is 1.74. The molecule has 5 nitrogen and oxygen atoms in total. The van der Waals surface area contributed by atoms with Crippen molar-refractivity contribution in [3.63, 3.8) is 0 Å². The van der Waals surface area contributed by atoms with E-state index in [2.05, 4.69) is 40.5 Å². The minimum atomic E-state index is -0.650. The third kappa shape index (κ3) is 4.81. The SMILES string of the molecule is C[C@]12CC[C@H](OCCN3CCCC3)C[C@@H]1CC[C@@H]1[C@@H]2CC[C@]2(C)[C@](OCCN3CCCC3)(c3ccsc3)CC[C@]12O. The molecule has 3 heterocycles. The molecule has 0 spiro atoms. The van der Waals surface area contributed by atoms with E-state index in [0.717, 1.165) is 51.5 Å². The van der Waals surface area contributed by atoms with E-state index in [4.69, 9.17) is 9.47 Å². The van der Waals surface area contributed by atoms with Gasteiger partial charge < -0.3 is 24.4 Å². The topological polar surface area (TPSA) is 45.2 Å². The van der Waals surface area contributed by atoms with Crippen molar-refractivity contribution in [1.29, 1.82) is 0 Å². The van der Waals surface area contributed by atoms with Crippen LogP contribution in [0, 0.1) is 28.6 Å². The zero-order valence-corrected chi connectivity index (χ0v) is 26.8. The summed E-state index contributed by atoms with van der Waals surface area (Å²) in [4.78, 5) is 5.14. The van der Waals surface area contributed by atoms with Crippen LogP contribution in [-0.2, 0) is 15.1 Å². The molecule has 6 heteroatoms. The number of rotatable bonds is 9. The molecule has 6 fully saturated rings. The molecule has 0 bridgehead atoms. The van der Waals surface area contributed by atoms with Crippen LogP contribution in [0.1, 0.15) is 103 Å². The summed E-state index contributed by atoms with van der Waals surface area (Å²) < 4.78 is 13.6. The molecule has 6 aliphatic rings. The maximum Gasteiger partial charge on any atom is 0.102 e. The van der Waals surface area contributed by atoms with Crippen LogP contribution >= 0.6 is 11.3 Å². The van der Waals surface area contributed by atoms with Gasteiger partial charge in [0.25, 0.3) is 0 Å². The van der Waals surface area contributed by atoms with E-state index in [1.807, 2.05) is 0 Å². The van der Waals surface area contributed by atoms with Gasteiger partial charge in [-0.25, -0.2) is 0 Å². The summed E-state index contributed by atoms with van der Waals surface area (Å²) in [5, 5.41) is 17.5. The quantitative estimate of drug-likeness (QED) is 0.350. The fourth-order valence-electron chi connectivity index (χ4n) is 11.3. The van der Waals surface area contributed by atoms with Crippen molar-refractivity contribution in [2.24, 2.45) is 28.6 Å². The molecule has 41 heavy (non-hydrogen) atoms. The molecule has 4 saturated carbocycles. The van der Waals surface area contributed by atoms with Crippen molar-refractivity contribution in [2.75, 3.05) is 52.5 Å². The summed E-state index contributed by atoms with van der Waals surface area (Å²) >= 11 is 1.78. The number of likely N-dealkylation sites (tertiary alicyclic amines) is 2. The second kappa shape index (κ2) is 11.5. The number of aliphatic hydroxyl groups is 1. The Morgan fingerprint density at radius 3 is 2.29 bits per heavy atom. The smallest absolute Gasteiger partial charge is 0.102 e. The second-order valence-electron chi connectivity index (χ2n) is 15.3.